The zero-order valence-corrected chi connectivity index (χ0v) is 9.85. The van der Waals surface area contributed by atoms with E-state index in [0.717, 1.165) is 4.90 Å². The number of hydrogen-bond donors (Lipinski definition) is 1. The van der Waals surface area contributed by atoms with E-state index in [0.29, 0.717) is 19.4 Å². The van der Waals surface area contributed by atoms with E-state index in [-0.39, 0.29) is 31.1 Å². The van der Waals surface area contributed by atoms with Gasteiger partial charge in [0.1, 0.15) is 6.04 Å². The first-order valence-electron chi connectivity index (χ1n) is 5.64. The fourth-order valence-electron chi connectivity index (χ4n) is 1.90. The largest absolute Gasteiger partial charge is 0.480 e. The van der Waals surface area contributed by atoms with Gasteiger partial charge in [-0.2, -0.15) is 0 Å². The monoisotopic (exact) mass is 243 g/mol. The van der Waals surface area contributed by atoms with Crippen molar-refractivity contribution in [1.82, 2.24) is 4.90 Å². The van der Waals surface area contributed by atoms with Gasteiger partial charge >= 0.3 is 5.97 Å². The van der Waals surface area contributed by atoms with E-state index in [1.54, 1.807) is 0 Å². The molecule has 1 unspecified atom stereocenters. The first-order valence-corrected chi connectivity index (χ1v) is 5.64. The molecule has 96 valence electrons. The molecule has 2 amide bonds. The first kappa shape index (κ1) is 13.6. The van der Waals surface area contributed by atoms with E-state index in [1.807, 2.05) is 0 Å². The topological polar surface area (TPSA) is 83.9 Å². The van der Waals surface area contributed by atoms with Crippen LogP contribution in [0.3, 0.4) is 0 Å². The minimum atomic E-state index is -1.13. The Kier molecular flexibility index (Phi) is 5.09. The maximum absolute atomic E-state index is 11.6. The summed E-state index contributed by atoms with van der Waals surface area (Å²) in [5.41, 5.74) is 0. The predicted molar refractivity (Wildman–Crippen MR) is 58.2 cm³/mol. The molecule has 1 heterocycles. The molecule has 1 aliphatic heterocycles. The number of aliphatic carboxylic acids is 1. The molecule has 1 atom stereocenters. The van der Waals surface area contributed by atoms with Gasteiger partial charge in [0.15, 0.2) is 0 Å². The average Bonchev–Trinajstić information content (AvgIpc) is 2.26. The van der Waals surface area contributed by atoms with E-state index in [1.165, 1.54) is 7.11 Å². The molecular weight excluding hydrogens is 226 g/mol. The quantitative estimate of drug-likeness (QED) is 0.539. The molecule has 0 saturated carbocycles. The van der Waals surface area contributed by atoms with Crippen LogP contribution in [0.5, 0.6) is 0 Å². The Morgan fingerprint density at radius 2 is 2.00 bits per heavy atom. The van der Waals surface area contributed by atoms with Crippen molar-refractivity contribution in [3.8, 4) is 0 Å². The number of imide groups is 1. The van der Waals surface area contributed by atoms with Crippen molar-refractivity contribution in [2.45, 2.75) is 38.1 Å². The molecule has 0 radical (unpaired) electrons. The predicted octanol–water partition coefficient (Wildman–Crippen LogP) is 0.405. The standard InChI is InChI=1S/C11H17NO5/c1-17-7-3-4-8(11(15)16)12-9(13)5-2-6-10(12)14/h8H,2-7H2,1H3,(H,15,16). The molecule has 1 fully saturated rings. The van der Waals surface area contributed by atoms with Gasteiger partial charge in [-0.25, -0.2) is 4.79 Å². The zero-order chi connectivity index (χ0) is 12.8. The van der Waals surface area contributed by atoms with E-state index >= 15 is 0 Å². The van der Waals surface area contributed by atoms with Crippen LogP contribution in [0.15, 0.2) is 0 Å². The highest BCUT2D eigenvalue weighted by atomic mass is 16.5. The zero-order valence-electron chi connectivity index (χ0n) is 9.85. The highest BCUT2D eigenvalue weighted by Crippen LogP contribution is 2.18. The summed E-state index contributed by atoms with van der Waals surface area (Å²) in [7, 11) is 1.52. The number of hydrogen-bond acceptors (Lipinski definition) is 4. The minimum absolute atomic E-state index is 0.237. The van der Waals surface area contributed by atoms with E-state index in [4.69, 9.17) is 9.84 Å². The summed E-state index contributed by atoms with van der Waals surface area (Å²) in [4.78, 5) is 35.2. The normalized spacial score (nSPS) is 18.3. The highest BCUT2D eigenvalue weighted by molar-refractivity contribution is 6.01. The molecule has 1 saturated heterocycles. The summed E-state index contributed by atoms with van der Waals surface area (Å²) in [5.74, 6) is -1.90. The van der Waals surface area contributed by atoms with Crippen molar-refractivity contribution in [3.05, 3.63) is 0 Å². The van der Waals surface area contributed by atoms with Crippen LogP contribution in [0.2, 0.25) is 0 Å². The van der Waals surface area contributed by atoms with Gasteiger partial charge < -0.3 is 9.84 Å². The third-order valence-electron chi connectivity index (χ3n) is 2.74. The van der Waals surface area contributed by atoms with Crippen molar-refractivity contribution in [2.24, 2.45) is 0 Å². The van der Waals surface area contributed by atoms with Crippen LogP contribution < -0.4 is 0 Å². The summed E-state index contributed by atoms with van der Waals surface area (Å²) < 4.78 is 4.83. The Labute approximate surface area is 99.5 Å². The molecule has 6 nitrogen and oxygen atoms in total. The smallest absolute Gasteiger partial charge is 0.326 e. The molecule has 0 aromatic rings. The molecule has 17 heavy (non-hydrogen) atoms. The molecule has 0 aromatic carbocycles. The molecule has 0 spiro atoms. The maximum atomic E-state index is 11.6. The van der Waals surface area contributed by atoms with Gasteiger partial charge in [0.2, 0.25) is 11.8 Å². The lowest BCUT2D eigenvalue weighted by Gasteiger charge is -2.30. The number of carboxylic acids is 1. The second-order valence-corrected chi connectivity index (χ2v) is 4.00. The number of nitrogens with zero attached hydrogens (tertiary/aromatic N) is 1. The Bertz CT molecular complexity index is 299. The number of amides is 2. The summed E-state index contributed by atoms with van der Waals surface area (Å²) >= 11 is 0. The van der Waals surface area contributed by atoms with Gasteiger partial charge in [-0.1, -0.05) is 0 Å². The first-order chi connectivity index (χ1) is 8.07. The number of piperidine rings is 1. The van der Waals surface area contributed by atoms with Crippen molar-refractivity contribution in [1.29, 1.82) is 0 Å². The number of ether oxygens (including phenoxy) is 1. The molecular formula is C11H17NO5. The second-order valence-electron chi connectivity index (χ2n) is 4.00. The highest BCUT2D eigenvalue weighted by Gasteiger charge is 2.36. The van der Waals surface area contributed by atoms with Crippen molar-refractivity contribution in [2.75, 3.05) is 13.7 Å². The number of carbonyl (C=O) groups excluding carboxylic acids is 2. The third-order valence-corrected chi connectivity index (χ3v) is 2.74. The molecule has 1 aliphatic rings. The third kappa shape index (κ3) is 3.52. The van der Waals surface area contributed by atoms with Crippen LogP contribution in [0.1, 0.15) is 32.1 Å². The van der Waals surface area contributed by atoms with Gasteiger partial charge in [0.25, 0.3) is 0 Å². The van der Waals surface area contributed by atoms with E-state index in [2.05, 4.69) is 0 Å². The lowest BCUT2D eigenvalue weighted by atomic mass is 10.0. The average molecular weight is 243 g/mol. The fraction of sp³-hybridized carbons (Fsp3) is 0.727. The van der Waals surface area contributed by atoms with Crippen LogP contribution in [0.4, 0.5) is 0 Å². The van der Waals surface area contributed by atoms with Gasteiger partial charge in [-0.05, 0) is 19.3 Å². The van der Waals surface area contributed by atoms with Gasteiger partial charge in [0, 0.05) is 26.6 Å². The molecule has 0 aromatic heterocycles. The molecule has 0 aliphatic carbocycles. The Balaban J connectivity index is 2.70. The Hall–Kier alpha value is -1.43. The van der Waals surface area contributed by atoms with E-state index < -0.39 is 12.0 Å². The van der Waals surface area contributed by atoms with Gasteiger partial charge in [-0.3, -0.25) is 14.5 Å². The lowest BCUT2D eigenvalue weighted by molar-refractivity contribution is -0.160. The number of carbonyl (C=O) groups is 3. The van der Waals surface area contributed by atoms with Crippen LogP contribution in [-0.4, -0.2) is 47.5 Å². The molecule has 6 heteroatoms. The molecule has 0 bridgehead atoms. The molecule has 1 N–H and O–H groups in total. The summed E-state index contributed by atoms with van der Waals surface area (Å²) in [6.07, 6.45) is 1.75. The SMILES string of the molecule is COCCCC(C(=O)O)N1C(=O)CCCC1=O. The lowest BCUT2D eigenvalue weighted by Crippen LogP contribution is -2.50. The van der Waals surface area contributed by atoms with Crippen LogP contribution in [-0.2, 0) is 19.1 Å². The minimum Gasteiger partial charge on any atom is -0.480 e. The number of rotatable bonds is 6. The van der Waals surface area contributed by atoms with Crippen LogP contribution in [0, 0.1) is 0 Å². The maximum Gasteiger partial charge on any atom is 0.326 e. The second kappa shape index (κ2) is 6.34. The Morgan fingerprint density at radius 3 is 2.47 bits per heavy atom. The summed E-state index contributed by atoms with van der Waals surface area (Å²) in [5, 5.41) is 9.07. The number of carboxylic acid groups (broad SMARTS) is 1. The van der Waals surface area contributed by atoms with Crippen LogP contribution >= 0.6 is 0 Å². The summed E-state index contributed by atoms with van der Waals surface area (Å²) in [6, 6.07) is -1.05. The van der Waals surface area contributed by atoms with Crippen molar-refractivity contribution < 1.29 is 24.2 Å². The summed E-state index contributed by atoms with van der Waals surface area (Å²) in [6.45, 7) is 0.417. The van der Waals surface area contributed by atoms with Crippen molar-refractivity contribution in [3.63, 3.8) is 0 Å². The van der Waals surface area contributed by atoms with E-state index in [9.17, 15) is 14.4 Å². The van der Waals surface area contributed by atoms with Crippen LogP contribution in [0.25, 0.3) is 0 Å². The molecule has 1 rings (SSSR count). The number of methoxy groups -OCH3 is 1. The number of likely N-dealkylation sites (tertiary alicyclic amines) is 1. The Morgan fingerprint density at radius 1 is 1.41 bits per heavy atom. The van der Waals surface area contributed by atoms with Crippen molar-refractivity contribution >= 4 is 17.8 Å². The fourth-order valence-corrected chi connectivity index (χ4v) is 1.90. The van der Waals surface area contributed by atoms with Gasteiger partial charge in [-0.15, -0.1) is 0 Å². The van der Waals surface area contributed by atoms with Gasteiger partial charge in [0.05, 0.1) is 0 Å².